The maximum atomic E-state index is 13.3. The van der Waals surface area contributed by atoms with E-state index in [2.05, 4.69) is 15.6 Å². The zero-order valence-corrected chi connectivity index (χ0v) is 19.1. The fourth-order valence-electron chi connectivity index (χ4n) is 3.91. The average molecular weight is 447 g/mol. The molecule has 2 aromatic heterocycles. The van der Waals surface area contributed by atoms with Crippen molar-refractivity contribution < 1.29 is 14.1 Å². The number of fused-ring (bicyclic) bond motifs is 1. The molecule has 2 aromatic carbocycles. The standard InChI is InChI=1S/C25H26N4O4/c1-5-16-9-7-8-10-19(16)26-24(30)20(6-2)29-25(31)23-21(15(3)33-28-23)22(27-29)17-11-13-18(32-4)14-12-17/h7-14,20H,5-6H2,1-4H3,(H,26,30)/t20-/m1/s1. The molecule has 170 valence electrons. The lowest BCUT2D eigenvalue weighted by molar-refractivity contribution is -0.119. The number of aryl methyl sites for hydroxylation is 2. The molecule has 0 aliphatic carbocycles. The highest BCUT2D eigenvalue weighted by Gasteiger charge is 2.26. The number of methoxy groups -OCH3 is 1. The van der Waals surface area contributed by atoms with Gasteiger partial charge in [0.15, 0.2) is 5.52 Å². The van der Waals surface area contributed by atoms with Crippen LogP contribution in [0.25, 0.3) is 22.2 Å². The van der Waals surface area contributed by atoms with Crippen LogP contribution in [0.15, 0.2) is 57.8 Å². The van der Waals surface area contributed by atoms with E-state index in [1.807, 2.05) is 62.4 Å². The van der Waals surface area contributed by atoms with Crippen LogP contribution in [0.5, 0.6) is 5.75 Å². The summed E-state index contributed by atoms with van der Waals surface area (Å²) in [5, 5.41) is 12.1. The van der Waals surface area contributed by atoms with Crippen molar-refractivity contribution in [2.75, 3.05) is 12.4 Å². The Balaban J connectivity index is 1.82. The van der Waals surface area contributed by atoms with Crippen LogP contribution < -0.4 is 15.6 Å². The van der Waals surface area contributed by atoms with Crippen molar-refractivity contribution in [3.8, 4) is 17.0 Å². The van der Waals surface area contributed by atoms with Gasteiger partial charge in [-0.15, -0.1) is 0 Å². The Kier molecular flexibility index (Phi) is 6.26. The number of nitrogens with zero attached hydrogens (tertiary/aromatic N) is 3. The van der Waals surface area contributed by atoms with Crippen LogP contribution >= 0.6 is 0 Å². The van der Waals surface area contributed by atoms with E-state index in [4.69, 9.17) is 9.26 Å². The molecule has 0 spiro atoms. The third kappa shape index (κ3) is 4.11. The molecule has 0 radical (unpaired) electrons. The lowest BCUT2D eigenvalue weighted by atomic mass is 10.1. The summed E-state index contributed by atoms with van der Waals surface area (Å²) in [5.41, 5.74) is 2.70. The molecule has 0 aliphatic heterocycles. The predicted molar refractivity (Wildman–Crippen MR) is 127 cm³/mol. The maximum absolute atomic E-state index is 13.3. The predicted octanol–water partition coefficient (Wildman–Crippen LogP) is 4.52. The van der Waals surface area contributed by atoms with E-state index in [0.29, 0.717) is 29.0 Å². The Bertz CT molecular complexity index is 1360. The Morgan fingerprint density at radius 1 is 1.15 bits per heavy atom. The number of aromatic nitrogens is 3. The van der Waals surface area contributed by atoms with Gasteiger partial charge in [0.05, 0.1) is 12.5 Å². The van der Waals surface area contributed by atoms with E-state index in [0.717, 1.165) is 23.2 Å². The molecule has 0 bridgehead atoms. The second kappa shape index (κ2) is 9.28. The third-order valence-corrected chi connectivity index (χ3v) is 5.72. The van der Waals surface area contributed by atoms with Crippen molar-refractivity contribution in [1.29, 1.82) is 0 Å². The van der Waals surface area contributed by atoms with Crippen molar-refractivity contribution >= 4 is 22.5 Å². The van der Waals surface area contributed by atoms with Gasteiger partial charge in [-0.05, 0) is 55.7 Å². The topological polar surface area (TPSA) is 99.2 Å². The smallest absolute Gasteiger partial charge is 0.297 e. The molecule has 0 saturated heterocycles. The van der Waals surface area contributed by atoms with Gasteiger partial charge in [0.1, 0.15) is 23.2 Å². The van der Waals surface area contributed by atoms with Crippen molar-refractivity contribution in [3.05, 3.63) is 70.2 Å². The van der Waals surface area contributed by atoms with Gasteiger partial charge in [0, 0.05) is 11.3 Å². The molecule has 4 rings (SSSR count). The summed E-state index contributed by atoms with van der Waals surface area (Å²) in [4.78, 5) is 26.5. The van der Waals surface area contributed by atoms with Crippen LogP contribution in [0.4, 0.5) is 5.69 Å². The minimum Gasteiger partial charge on any atom is -0.497 e. The van der Waals surface area contributed by atoms with Crippen LogP contribution in [0.3, 0.4) is 0 Å². The molecule has 0 unspecified atom stereocenters. The monoisotopic (exact) mass is 446 g/mol. The fraction of sp³-hybridized carbons (Fsp3) is 0.280. The first-order chi connectivity index (χ1) is 16.0. The van der Waals surface area contributed by atoms with Crippen LogP contribution in [0.1, 0.15) is 37.6 Å². The van der Waals surface area contributed by atoms with Gasteiger partial charge in [-0.2, -0.15) is 5.10 Å². The highest BCUT2D eigenvalue weighted by molar-refractivity contribution is 5.96. The largest absolute Gasteiger partial charge is 0.497 e. The van der Waals surface area contributed by atoms with E-state index in [-0.39, 0.29) is 11.4 Å². The molecule has 0 aliphatic rings. The van der Waals surface area contributed by atoms with Crippen LogP contribution in [0.2, 0.25) is 0 Å². The van der Waals surface area contributed by atoms with Crippen molar-refractivity contribution in [2.24, 2.45) is 0 Å². The Morgan fingerprint density at radius 3 is 2.55 bits per heavy atom. The summed E-state index contributed by atoms with van der Waals surface area (Å²) in [6.07, 6.45) is 1.15. The number of hydrogen-bond donors (Lipinski definition) is 1. The lowest BCUT2D eigenvalue weighted by Crippen LogP contribution is -2.35. The number of rotatable bonds is 7. The molecule has 1 N–H and O–H groups in total. The summed E-state index contributed by atoms with van der Waals surface area (Å²) in [7, 11) is 1.59. The lowest BCUT2D eigenvalue weighted by Gasteiger charge is -2.19. The number of para-hydroxylation sites is 1. The van der Waals surface area contributed by atoms with Gasteiger partial charge in [-0.1, -0.05) is 37.2 Å². The van der Waals surface area contributed by atoms with Crippen molar-refractivity contribution in [3.63, 3.8) is 0 Å². The normalized spacial score (nSPS) is 12.0. The molecule has 1 amide bonds. The molecule has 8 heteroatoms. The third-order valence-electron chi connectivity index (χ3n) is 5.72. The number of benzene rings is 2. The molecule has 0 saturated carbocycles. The molecule has 4 aromatic rings. The Hall–Kier alpha value is -3.94. The summed E-state index contributed by atoms with van der Waals surface area (Å²) in [6.45, 7) is 5.60. The molecular weight excluding hydrogens is 420 g/mol. The minimum absolute atomic E-state index is 0.147. The average Bonchev–Trinajstić information content (AvgIpc) is 3.23. The highest BCUT2D eigenvalue weighted by atomic mass is 16.5. The first-order valence-electron chi connectivity index (χ1n) is 10.9. The van der Waals surface area contributed by atoms with Gasteiger partial charge < -0.3 is 14.6 Å². The van der Waals surface area contributed by atoms with Crippen molar-refractivity contribution in [1.82, 2.24) is 14.9 Å². The van der Waals surface area contributed by atoms with Crippen LogP contribution in [0, 0.1) is 6.92 Å². The second-order valence-corrected chi connectivity index (χ2v) is 7.71. The van der Waals surface area contributed by atoms with E-state index in [1.165, 1.54) is 4.68 Å². The molecule has 8 nitrogen and oxygen atoms in total. The Labute approximate surface area is 191 Å². The molecular formula is C25H26N4O4. The van der Waals surface area contributed by atoms with Gasteiger partial charge in [-0.3, -0.25) is 9.59 Å². The summed E-state index contributed by atoms with van der Waals surface area (Å²) < 4.78 is 11.8. The number of carbonyl (C=O) groups excluding carboxylic acids is 1. The van der Waals surface area contributed by atoms with E-state index >= 15 is 0 Å². The zero-order valence-electron chi connectivity index (χ0n) is 19.1. The summed E-state index contributed by atoms with van der Waals surface area (Å²) in [5.74, 6) is 0.876. The number of carbonyl (C=O) groups is 1. The molecule has 2 heterocycles. The number of hydrogen-bond acceptors (Lipinski definition) is 6. The van der Waals surface area contributed by atoms with Crippen LogP contribution in [-0.4, -0.2) is 28.0 Å². The highest BCUT2D eigenvalue weighted by Crippen LogP contribution is 2.29. The fourth-order valence-corrected chi connectivity index (χ4v) is 3.91. The van der Waals surface area contributed by atoms with E-state index in [9.17, 15) is 9.59 Å². The first-order valence-corrected chi connectivity index (χ1v) is 10.9. The maximum Gasteiger partial charge on any atom is 0.297 e. The number of ether oxygens (including phenoxy) is 1. The van der Waals surface area contributed by atoms with Crippen molar-refractivity contribution in [2.45, 2.75) is 39.7 Å². The second-order valence-electron chi connectivity index (χ2n) is 7.71. The van der Waals surface area contributed by atoms with E-state index in [1.54, 1.807) is 14.0 Å². The number of anilines is 1. The molecule has 1 atom stereocenters. The SMILES string of the molecule is CCc1ccccc1NC(=O)[C@@H](CC)n1nc(-c2ccc(OC)cc2)c2c(C)onc2c1=O. The zero-order chi connectivity index (χ0) is 23.5. The number of amides is 1. The Morgan fingerprint density at radius 2 is 1.88 bits per heavy atom. The number of nitrogens with one attached hydrogen (secondary N) is 1. The first kappa shape index (κ1) is 22.3. The minimum atomic E-state index is -0.819. The van der Waals surface area contributed by atoms with Crippen LogP contribution in [-0.2, 0) is 11.2 Å². The summed E-state index contributed by atoms with van der Waals surface area (Å²) in [6, 6.07) is 14.1. The van der Waals surface area contributed by atoms with Gasteiger partial charge in [0.25, 0.3) is 5.56 Å². The molecule has 0 fully saturated rings. The van der Waals surface area contributed by atoms with Gasteiger partial charge >= 0.3 is 0 Å². The van der Waals surface area contributed by atoms with E-state index < -0.39 is 11.6 Å². The quantitative estimate of drug-likeness (QED) is 0.448. The van der Waals surface area contributed by atoms with Gasteiger partial charge in [-0.25, -0.2) is 4.68 Å². The summed E-state index contributed by atoms with van der Waals surface area (Å²) >= 11 is 0. The molecule has 33 heavy (non-hydrogen) atoms. The van der Waals surface area contributed by atoms with Gasteiger partial charge in [0.2, 0.25) is 5.91 Å².